The molecule has 216 valence electrons. The lowest BCUT2D eigenvalue weighted by atomic mass is 10.1. The highest BCUT2D eigenvalue weighted by atomic mass is 16.5. The molecule has 1 amide bonds. The molecule has 11 heteroatoms. The minimum absolute atomic E-state index is 0.200. The summed E-state index contributed by atoms with van der Waals surface area (Å²) < 4.78 is 5.65. The average molecular weight is 560 g/mol. The first-order chi connectivity index (χ1) is 19.7. The minimum Gasteiger partial charge on any atom is -0.494 e. The lowest BCUT2D eigenvalue weighted by Gasteiger charge is -2.26. The summed E-state index contributed by atoms with van der Waals surface area (Å²) in [7, 11) is 7.49. The van der Waals surface area contributed by atoms with Crippen LogP contribution in [0, 0.1) is 0 Å². The number of nitrogens with one attached hydrogen (secondary N) is 2. The summed E-state index contributed by atoms with van der Waals surface area (Å²) in [4.78, 5) is 40.4. The highest BCUT2D eigenvalue weighted by Gasteiger charge is 2.21. The topological polar surface area (TPSA) is 123 Å². The highest BCUT2D eigenvalue weighted by molar-refractivity contribution is 6.08. The van der Waals surface area contributed by atoms with Gasteiger partial charge in [-0.25, -0.2) is 9.97 Å². The van der Waals surface area contributed by atoms with Crippen LogP contribution < -0.4 is 25.2 Å². The van der Waals surface area contributed by atoms with Crippen molar-refractivity contribution in [1.29, 1.82) is 0 Å². The van der Waals surface area contributed by atoms with Gasteiger partial charge in [-0.2, -0.15) is 0 Å². The number of anilines is 5. The summed E-state index contributed by atoms with van der Waals surface area (Å²) in [6, 6.07) is 12.4. The van der Waals surface area contributed by atoms with Crippen LogP contribution in [0.3, 0.4) is 0 Å². The van der Waals surface area contributed by atoms with E-state index in [2.05, 4.69) is 37.0 Å². The van der Waals surface area contributed by atoms with E-state index in [4.69, 9.17) is 4.74 Å². The van der Waals surface area contributed by atoms with Crippen LogP contribution in [-0.4, -0.2) is 92.2 Å². The van der Waals surface area contributed by atoms with E-state index >= 15 is 0 Å². The molecule has 11 nitrogen and oxygen atoms in total. The van der Waals surface area contributed by atoms with Crippen LogP contribution in [0.15, 0.2) is 61.3 Å². The lowest BCUT2D eigenvalue weighted by molar-refractivity contribution is -0.111. The van der Waals surface area contributed by atoms with Crippen molar-refractivity contribution >= 4 is 40.4 Å². The summed E-state index contributed by atoms with van der Waals surface area (Å²) in [5.74, 6) is 0.120. The zero-order valence-corrected chi connectivity index (χ0v) is 23.9. The Bertz CT molecular complexity index is 1390. The minimum atomic E-state index is -0.348. The number of methoxy groups -OCH3 is 1. The third-order valence-corrected chi connectivity index (χ3v) is 6.85. The van der Waals surface area contributed by atoms with Crippen molar-refractivity contribution < 1.29 is 19.4 Å². The first kappa shape index (κ1) is 29.5. The molecule has 3 N–H and O–H groups in total. The van der Waals surface area contributed by atoms with Crippen LogP contribution in [0.5, 0.6) is 5.75 Å². The summed E-state index contributed by atoms with van der Waals surface area (Å²) in [5.41, 5.74) is 3.52. The number of likely N-dealkylation sites (N-methyl/N-ethyl adjacent to an activating group) is 2. The van der Waals surface area contributed by atoms with E-state index in [0.717, 1.165) is 30.9 Å². The number of benzene rings is 2. The molecule has 0 aliphatic carbocycles. The van der Waals surface area contributed by atoms with Crippen LogP contribution in [0.2, 0.25) is 0 Å². The number of aliphatic hydroxyl groups excluding tert-OH is 1. The normalized spacial score (nSPS) is 14.6. The van der Waals surface area contributed by atoms with E-state index in [-0.39, 0.29) is 29.4 Å². The third kappa shape index (κ3) is 7.38. The molecule has 1 saturated heterocycles. The van der Waals surface area contributed by atoms with Crippen LogP contribution in [0.25, 0.3) is 0 Å². The summed E-state index contributed by atoms with van der Waals surface area (Å²) in [6.07, 6.45) is 3.13. The SMILES string of the molecule is C=CC(=O)Nc1cc(Nc2nccc(C(=O)c3ccc(N4CC[C@@H](O)C4)cc3)n2)c(OC)cc1N(C)CCN(C)C. The van der Waals surface area contributed by atoms with E-state index in [1.165, 1.54) is 12.3 Å². The molecular formula is C30H37N7O4. The van der Waals surface area contributed by atoms with E-state index in [0.29, 0.717) is 35.8 Å². The molecule has 0 bridgehead atoms. The number of aromatic nitrogens is 2. The molecule has 2 heterocycles. The van der Waals surface area contributed by atoms with Crippen LogP contribution in [-0.2, 0) is 4.79 Å². The van der Waals surface area contributed by atoms with Crippen molar-refractivity contribution in [2.45, 2.75) is 12.5 Å². The van der Waals surface area contributed by atoms with Gasteiger partial charge in [0, 0.05) is 56.7 Å². The van der Waals surface area contributed by atoms with Crippen LogP contribution in [0.1, 0.15) is 22.5 Å². The van der Waals surface area contributed by atoms with Crippen molar-refractivity contribution in [3.8, 4) is 5.75 Å². The van der Waals surface area contributed by atoms with E-state index in [9.17, 15) is 14.7 Å². The maximum absolute atomic E-state index is 13.2. The van der Waals surface area contributed by atoms with E-state index in [1.807, 2.05) is 44.2 Å². The van der Waals surface area contributed by atoms with E-state index in [1.54, 1.807) is 31.4 Å². The quantitative estimate of drug-likeness (QED) is 0.225. The van der Waals surface area contributed by atoms with Crippen molar-refractivity contribution in [3.63, 3.8) is 0 Å². The Labute approximate surface area is 240 Å². The van der Waals surface area contributed by atoms with Crippen molar-refractivity contribution in [1.82, 2.24) is 14.9 Å². The number of rotatable bonds is 12. The van der Waals surface area contributed by atoms with Gasteiger partial charge in [0.1, 0.15) is 11.4 Å². The number of carbonyl (C=O) groups is 2. The lowest BCUT2D eigenvalue weighted by Crippen LogP contribution is -2.29. The number of amides is 1. The summed E-state index contributed by atoms with van der Waals surface area (Å²) >= 11 is 0. The van der Waals surface area contributed by atoms with Gasteiger partial charge >= 0.3 is 0 Å². The maximum atomic E-state index is 13.2. The summed E-state index contributed by atoms with van der Waals surface area (Å²) in [6.45, 7) is 6.46. The number of nitrogens with zero attached hydrogens (tertiary/aromatic N) is 5. The molecule has 0 radical (unpaired) electrons. The first-order valence-electron chi connectivity index (χ1n) is 13.4. The molecule has 0 unspecified atom stereocenters. The molecule has 1 aliphatic rings. The van der Waals surface area contributed by atoms with Gasteiger partial charge in [-0.05, 0) is 63.0 Å². The van der Waals surface area contributed by atoms with Gasteiger partial charge in [0.25, 0.3) is 0 Å². The second-order valence-corrected chi connectivity index (χ2v) is 10.1. The Morgan fingerprint density at radius 3 is 2.54 bits per heavy atom. The fourth-order valence-electron chi connectivity index (χ4n) is 4.52. The van der Waals surface area contributed by atoms with Gasteiger partial charge < -0.3 is 35.2 Å². The number of aliphatic hydroxyl groups is 1. The fraction of sp³-hybridized carbons (Fsp3) is 0.333. The molecule has 4 rings (SSSR count). The molecule has 0 spiro atoms. The van der Waals surface area contributed by atoms with Crippen molar-refractivity contribution in [3.05, 3.63) is 72.6 Å². The Morgan fingerprint density at radius 2 is 1.90 bits per heavy atom. The third-order valence-electron chi connectivity index (χ3n) is 6.85. The van der Waals surface area contributed by atoms with Crippen molar-refractivity contribution in [2.24, 2.45) is 0 Å². The molecule has 3 aromatic rings. The van der Waals surface area contributed by atoms with E-state index < -0.39 is 0 Å². The van der Waals surface area contributed by atoms with Gasteiger partial charge in [0.15, 0.2) is 0 Å². The zero-order chi connectivity index (χ0) is 29.5. The van der Waals surface area contributed by atoms with Gasteiger partial charge in [-0.1, -0.05) is 6.58 Å². The Hall–Kier alpha value is -4.48. The standard InChI is InChI=1S/C30H37N7O4/c1-6-28(39)32-24-17-25(27(41-5)18-26(24)36(4)16-15-35(2)3)34-30-31-13-11-23(33-30)29(40)20-7-9-21(10-8-20)37-14-12-22(38)19-37/h6-11,13,17-18,22,38H,1,12,14-16,19H2,2-5H3,(H,32,39)(H,31,33,34)/t22-/m1/s1. The monoisotopic (exact) mass is 559 g/mol. The molecule has 1 aliphatic heterocycles. The van der Waals surface area contributed by atoms with Crippen LogP contribution >= 0.6 is 0 Å². The number of β-amino-alcohol motifs (C(OH)–C–C–N with tert-alkyl or cyclic N) is 1. The van der Waals surface area contributed by atoms with Gasteiger partial charge in [-0.3, -0.25) is 9.59 Å². The highest BCUT2D eigenvalue weighted by Crippen LogP contribution is 2.38. The molecular weight excluding hydrogens is 522 g/mol. The zero-order valence-electron chi connectivity index (χ0n) is 23.9. The molecule has 2 aromatic carbocycles. The predicted octanol–water partition coefficient (Wildman–Crippen LogP) is 3.15. The Morgan fingerprint density at radius 1 is 1.15 bits per heavy atom. The van der Waals surface area contributed by atoms with Crippen molar-refractivity contribution in [2.75, 3.05) is 74.9 Å². The second kappa shape index (κ2) is 13.2. The van der Waals surface area contributed by atoms with Gasteiger partial charge in [0.05, 0.1) is 30.3 Å². The maximum Gasteiger partial charge on any atom is 0.247 e. The number of ether oxygens (including phenoxy) is 1. The predicted molar refractivity (Wildman–Crippen MR) is 162 cm³/mol. The summed E-state index contributed by atoms with van der Waals surface area (Å²) in [5, 5.41) is 15.8. The number of hydrogen-bond donors (Lipinski definition) is 3. The van der Waals surface area contributed by atoms with Gasteiger partial charge in [-0.15, -0.1) is 0 Å². The first-order valence-corrected chi connectivity index (χ1v) is 13.4. The molecule has 1 aromatic heterocycles. The number of carbonyl (C=O) groups excluding carboxylic acids is 2. The molecule has 41 heavy (non-hydrogen) atoms. The Kier molecular flexibility index (Phi) is 9.53. The largest absolute Gasteiger partial charge is 0.494 e. The van der Waals surface area contributed by atoms with Crippen LogP contribution in [0.4, 0.5) is 28.7 Å². The average Bonchev–Trinajstić information content (AvgIpc) is 3.42. The number of ketones is 1. The molecule has 1 atom stereocenters. The second-order valence-electron chi connectivity index (χ2n) is 10.1. The smallest absolute Gasteiger partial charge is 0.247 e. The van der Waals surface area contributed by atoms with Gasteiger partial charge in [0.2, 0.25) is 17.6 Å². The fourth-order valence-corrected chi connectivity index (χ4v) is 4.52. The number of hydrogen-bond acceptors (Lipinski definition) is 10. The molecule has 1 fully saturated rings. The molecule has 0 saturated carbocycles. The Balaban J connectivity index is 1.57.